The Morgan fingerprint density at radius 1 is 1.67 bits per heavy atom. The largest absolute Gasteiger partial charge is 0.338 e. The first-order chi connectivity index (χ1) is 5.76. The van der Waals surface area contributed by atoms with Crippen molar-refractivity contribution in [1.29, 1.82) is 0 Å². The minimum absolute atomic E-state index is 0.374. The number of nitrogens with zero attached hydrogens (tertiary/aromatic N) is 2. The van der Waals surface area contributed by atoms with Crippen molar-refractivity contribution in [3.05, 3.63) is 18.2 Å². The molecule has 1 aliphatic carbocycles. The van der Waals surface area contributed by atoms with E-state index < -0.39 is 0 Å². The van der Waals surface area contributed by atoms with Gasteiger partial charge in [0, 0.05) is 31.4 Å². The van der Waals surface area contributed by atoms with Crippen LogP contribution >= 0.6 is 0 Å². The molecule has 0 unspecified atom stereocenters. The highest BCUT2D eigenvalue weighted by Gasteiger charge is 2.41. The van der Waals surface area contributed by atoms with Crippen LogP contribution in [-0.4, -0.2) is 22.1 Å². The van der Waals surface area contributed by atoms with Crippen LogP contribution in [0.5, 0.6) is 0 Å². The number of nitrogens with one attached hydrogen (secondary N) is 1. The van der Waals surface area contributed by atoms with Crippen LogP contribution in [0.15, 0.2) is 12.4 Å². The second-order valence-corrected chi connectivity index (χ2v) is 3.66. The van der Waals surface area contributed by atoms with Crippen molar-refractivity contribution in [1.82, 2.24) is 14.9 Å². The van der Waals surface area contributed by atoms with Crippen LogP contribution in [0.2, 0.25) is 0 Å². The summed E-state index contributed by atoms with van der Waals surface area (Å²) >= 11 is 0. The highest BCUT2D eigenvalue weighted by atomic mass is 15.1. The van der Waals surface area contributed by atoms with Crippen LogP contribution in [0.3, 0.4) is 0 Å². The lowest BCUT2D eigenvalue weighted by Gasteiger charge is -2.12. The molecule has 0 spiro atoms. The van der Waals surface area contributed by atoms with Gasteiger partial charge in [0.15, 0.2) is 0 Å². The van der Waals surface area contributed by atoms with Crippen LogP contribution in [0.25, 0.3) is 0 Å². The van der Waals surface area contributed by atoms with E-state index in [2.05, 4.69) is 14.9 Å². The molecular formula is C9H15N3. The van der Waals surface area contributed by atoms with Crippen LogP contribution in [0.4, 0.5) is 0 Å². The topological polar surface area (TPSA) is 29.9 Å². The average Bonchev–Trinajstić information content (AvgIpc) is 2.74. The van der Waals surface area contributed by atoms with E-state index in [0.29, 0.717) is 5.54 Å². The fourth-order valence-corrected chi connectivity index (χ4v) is 1.54. The van der Waals surface area contributed by atoms with E-state index >= 15 is 0 Å². The Morgan fingerprint density at radius 2 is 2.42 bits per heavy atom. The maximum absolute atomic E-state index is 4.31. The van der Waals surface area contributed by atoms with Gasteiger partial charge in [-0.2, -0.15) is 0 Å². The third-order valence-electron chi connectivity index (χ3n) is 2.80. The molecule has 1 aromatic heterocycles. The van der Waals surface area contributed by atoms with Crippen molar-refractivity contribution < 1.29 is 0 Å². The quantitative estimate of drug-likeness (QED) is 0.715. The zero-order valence-electron chi connectivity index (χ0n) is 7.67. The van der Waals surface area contributed by atoms with Gasteiger partial charge in [-0.05, 0) is 19.9 Å². The smallest absolute Gasteiger partial charge is 0.110 e. The van der Waals surface area contributed by atoms with Gasteiger partial charge in [-0.3, -0.25) is 0 Å². The number of aromatic nitrogens is 2. The van der Waals surface area contributed by atoms with E-state index in [9.17, 15) is 0 Å². The number of hydrogen-bond acceptors (Lipinski definition) is 2. The van der Waals surface area contributed by atoms with E-state index in [1.807, 2.05) is 26.5 Å². The summed E-state index contributed by atoms with van der Waals surface area (Å²) in [6, 6.07) is 0. The van der Waals surface area contributed by atoms with Crippen LogP contribution in [-0.2, 0) is 13.5 Å². The third-order valence-corrected chi connectivity index (χ3v) is 2.80. The zero-order valence-corrected chi connectivity index (χ0v) is 7.67. The van der Waals surface area contributed by atoms with Gasteiger partial charge in [-0.25, -0.2) is 4.98 Å². The molecule has 12 heavy (non-hydrogen) atoms. The first kappa shape index (κ1) is 7.80. The fraction of sp³-hybridized carbons (Fsp3) is 0.667. The van der Waals surface area contributed by atoms with E-state index in [0.717, 1.165) is 6.42 Å². The highest BCUT2D eigenvalue weighted by molar-refractivity contribution is 5.09. The van der Waals surface area contributed by atoms with Crippen molar-refractivity contribution in [3.8, 4) is 0 Å². The van der Waals surface area contributed by atoms with E-state index in [4.69, 9.17) is 0 Å². The highest BCUT2D eigenvalue weighted by Crippen LogP contribution is 2.37. The molecule has 0 amide bonds. The van der Waals surface area contributed by atoms with Gasteiger partial charge < -0.3 is 9.88 Å². The molecule has 0 aromatic carbocycles. The Labute approximate surface area is 72.8 Å². The summed E-state index contributed by atoms with van der Waals surface area (Å²) in [7, 11) is 4.09. The maximum atomic E-state index is 4.31. The predicted octanol–water partition coefficient (Wildman–Crippen LogP) is 0.715. The Balaban J connectivity index is 2.08. The summed E-state index contributed by atoms with van der Waals surface area (Å²) in [4.78, 5) is 4.31. The predicted molar refractivity (Wildman–Crippen MR) is 47.9 cm³/mol. The molecule has 66 valence electrons. The molecule has 2 rings (SSSR count). The molecule has 3 heteroatoms. The Bertz CT molecular complexity index is 273. The third kappa shape index (κ3) is 1.25. The molecule has 1 aromatic rings. The minimum atomic E-state index is 0.374. The SMILES string of the molecule is CNC1(Cc2nccn2C)CC1. The lowest BCUT2D eigenvalue weighted by Crippen LogP contribution is -2.30. The first-order valence-corrected chi connectivity index (χ1v) is 4.41. The number of likely N-dealkylation sites (N-methyl/N-ethyl adjacent to an activating group) is 1. The molecule has 0 radical (unpaired) electrons. The summed E-state index contributed by atoms with van der Waals surface area (Å²) in [5.41, 5.74) is 0.374. The molecule has 0 aliphatic heterocycles. The Hall–Kier alpha value is -0.830. The number of imidazole rings is 1. The van der Waals surface area contributed by atoms with E-state index in [1.165, 1.54) is 18.7 Å². The Morgan fingerprint density at radius 3 is 2.83 bits per heavy atom. The molecule has 1 N–H and O–H groups in total. The molecule has 3 nitrogen and oxygen atoms in total. The lowest BCUT2D eigenvalue weighted by atomic mass is 10.2. The molecule has 1 fully saturated rings. The monoisotopic (exact) mass is 165 g/mol. The molecule has 1 heterocycles. The van der Waals surface area contributed by atoms with Crippen LogP contribution in [0, 0.1) is 0 Å². The van der Waals surface area contributed by atoms with Gasteiger partial charge in [0.25, 0.3) is 0 Å². The maximum Gasteiger partial charge on any atom is 0.110 e. The normalized spacial score (nSPS) is 19.5. The van der Waals surface area contributed by atoms with Crippen LogP contribution < -0.4 is 5.32 Å². The van der Waals surface area contributed by atoms with Gasteiger partial charge >= 0.3 is 0 Å². The molecule has 0 atom stereocenters. The summed E-state index contributed by atoms with van der Waals surface area (Å²) in [5, 5.41) is 3.36. The van der Waals surface area contributed by atoms with E-state index in [1.54, 1.807) is 0 Å². The zero-order chi connectivity index (χ0) is 8.60. The molecule has 0 bridgehead atoms. The van der Waals surface area contributed by atoms with Gasteiger partial charge in [-0.15, -0.1) is 0 Å². The fourth-order valence-electron chi connectivity index (χ4n) is 1.54. The molecule has 1 aliphatic rings. The summed E-state index contributed by atoms with van der Waals surface area (Å²) in [6.07, 6.45) is 7.50. The van der Waals surface area contributed by atoms with Crippen molar-refractivity contribution in [2.45, 2.75) is 24.8 Å². The van der Waals surface area contributed by atoms with Crippen molar-refractivity contribution in [2.75, 3.05) is 7.05 Å². The second kappa shape index (κ2) is 2.59. The van der Waals surface area contributed by atoms with Crippen molar-refractivity contribution in [2.24, 2.45) is 7.05 Å². The average molecular weight is 165 g/mol. The number of hydrogen-bond donors (Lipinski definition) is 1. The Kier molecular flexibility index (Phi) is 1.68. The molecule has 1 saturated carbocycles. The van der Waals surface area contributed by atoms with Gasteiger partial charge in [0.1, 0.15) is 5.82 Å². The minimum Gasteiger partial charge on any atom is -0.338 e. The molecular weight excluding hydrogens is 150 g/mol. The first-order valence-electron chi connectivity index (χ1n) is 4.41. The van der Waals surface area contributed by atoms with Gasteiger partial charge in [0.2, 0.25) is 0 Å². The van der Waals surface area contributed by atoms with Gasteiger partial charge in [-0.1, -0.05) is 0 Å². The van der Waals surface area contributed by atoms with E-state index in [-0.39, 0.29) is 0 Å². The summed E-state index contributed by atoms with van der Waals surface area (Å²) in [6.45, 7) is 0. The second-order valence-electron chi connectivity index (χ2n) is 3.66. The summed E-state index contributed by atoms with van der Waals surface area (Å²) in [5.74, 6) is 1.18. The van der Waals surface area contributed by atoms with Crippen molar-refractivity contribution in [3.63, 3.8) is 0 Å². The lowest BCUT2D eigenvalue weighted by molar-refractivity contribution is 0.525. The van der Waals surface area contributed by atoms with Crippen LogP contribution in [0.1, 0.15) is 18.7 Å². The standard InChI is InChI=1S/C9H15N3/c1-10-9(3-4-9)7-8-11-5-6-12(8)2/h5-6,10H,3-4,7H2,1-2H3. The molecule has 0 saturated heterocycles. The van der Waals surface area contributed by atoms with Gasteiger partial charge in [0.05, 0.1) is 0 Å². The van der Waals surface area contributed by atoms with Crippen molar-refractivity contribution >= 4 is 0 Å². The number of aryl methyl sites for hydroxylation is 1. The number of rotatable bonds is 3. The summed E-state index contributed by atoms with van der Waals surface area (Å²) < 4.78 is 2.09.